The highest BCUT2D eigenvalue weighted by molar-refractivity contribution is 6.32. The molecular formula is C21H22ClN3O. The molecule has 0 radical (unpaired) electrons. The van der Waals surface area contributed by atoms with Gasteiger partial charge in [0.15, 0.2) is 0 Å². The van der Waals surface area contributed by atoms with Crippen LogP contribution in [0.2, 0.25) is 5.02 Å². The molecule has 0 N–H and O–H groups in total. The molecule has 1 saturated heterocycles. The lowest BCUT2D eigenvalue weighted by Gasteiger charge is -2.37. The first-order valence-corrected chi connectivity index (χ1v) is 9.30. The molecule has 2 heterocycles. The zero-order valence-electron chi connectivity index (χ0n) is 15.1. The number of benzene rings is 2. The molecular weight excluding hydrogens is 346 g/mol. The summed E-state index contributed by atoms with van der Waals surface area (Å²) in [6, 6.07) is 15.7. The van der Waals surface area contributed by atoms with Gasteiger partial charge in [-0.05, 0) is 38.1 Å². The molecule has 0 atom stereocenters. The number of carbonyl (C=O) groups excluding carboxylic acids is 1. The average molecular weight is 368 g/mol. The Morgan fingerprint density at radius 1 is 1.04 bits per heavy atom. The lowest BCUT2D eigenvalue weighted by Crippen LogP contribution is -2.52. The van der Waals surface area contributed by atoms with Crippen LogP contribution in [0, 0.1) is 0 Å². The molecule has 4 rings (SSSR count). The molecule has 5 heteroatoms. The van der Waals surface area contributed by atoms with Gasteiger partial charge >= 0.3 is 0 Å². The van der Waals surface area contributed by atoms with E-state index in [-0.39, 0.29) is 5.91 Å². The maximum Gasteiger partial charge on any atom is 0.254 e. The van der Waals surface area contributed by atoms with E-state index in [4.69, 9.17) is 16.6 Å². The number of piperidine rings is 1. The minimum atomic E-state index is -0.710. The summed E-state index contributed by atoms with van der Waals surface area (Å²) in [7, 11) is 3.94. The molecule has 0 unspecified atom stereocenters. The van der Waals surface area contributed by atoms with Crippen molar-refractivity contribution in [3.8, 4) is 0 Å². The van der Waals surface area contributed by atoms with Crippen molar-refractivity contribution in [1.82, 2.24) is 4.90 Å². The van der Waals surface area contributed by atoms with Crippen LogP contribution in [-0.2, 0) is 4.79 Å². The summed E-state index contributed by atoms with van der Waals surface area (Å²) < 4.78 is 0. The van der Waals surface area contributed by atoms with Crippen molar-refractivity contribution in [3.63, 3.8) is 0 Å². The van der Waals surface area contributed by atoms with Crippen LogP contribution in [0.4, 0.5) is 5.69 Å². The van der Waals surface area contributed by atoms with Gasteiger partial charge in [0.1, 0.15) is 5.54 Å². The van der Waals surface area contributed by atoms with E-state index in [1.54, 1.807) is 4.90 Å². The third-order valence-corrected chi connectivity index (χ3v) is 5.70. The first-order chi connectivity index (χ1) is 12.5. The molecule has 26 heavy (non-hydrogen) atoms. The average Bonchev–Trinajstić information content (AvgIpc) is 2.74. The second-order valence-corrected chi connectivity index (χ2v) is 7.62. The van der Waals surface area contributed by atoms with E-state index >= 15 is 0 Å². The van der Waals surface area contributed by atoms with E-state index < -0.39 is 5.54 Å². The second-order valence-electron chi connectivity index (χ2n) is 7.19. The van der Waals surface area contributed by atoms with Gasteiger partial charge in [0.05, 0.1) is 11.4 Å². The first kappa shape index (κ1) is 17.3. The smallest absolute Gasteiger partial charge is 0.254 e. The molecule has 2 aliphatic rings. The number of halogens is 1. The van der Waals surface area contributed by atoms with E-state index in [0.717, 1.165) is 48.5 Å². The molecule has 1 spiro atoms. The van der Waals surface area contributed by atoms with E-state index in [2.05, 4.69) is 11.9 Å². The highest BCUT2D eigenvalue weighted by atomic mass is 35.5. The van der Waals surface area contributed by atoms with E-state index in [0.29, 0.717) is 5.02 Å². The minimum absolute atomic E-state index is 0.0695. The Labute approximate surface area is 159 Å². The Balaban J connectivity index is 1.95. The number of amides is 1. The molecule has 1 fully saturated rings. The number of nitrogens with zero attached hydrogens (tertiary/aromatic N) is 3. The van der Waals surface area contributed by atoms with Crippen molar-refractivity contribution in [3.05, 3.63) is 64.7 Å². The maximum absolute atomic E-state index is 13.4. The number of hydrogen-bond donors (Lipinski definition) is 0. The lowest BCUT2D eigenvalue weighted by molar-refractivity contribution is -0.124. The van der Waals surface area contributed by atoms with E-state index in [1.807, 2.05) is 55.6 Å². The number of hydrogen-bond acceptors (Lipinski definition) is 3. The lowest BCUT2D eigenvalue weighted by atomic mass is 9.86. The molecule has 2 aliphatic heterocycles. The van der Waals surface area contributed by atoms with Gasteiger partial charge in [-0.2, -0.15) is 0 Å². The molecule has 0 bridgehead atoms. The van der Waals surface area contributed by atoms with Gasteiger partial charge in [-0.25, -0.2) is 0 Å². The van der Waals surface area contributed by atoms with Crippen LogP contribution >= 0.6 is 11.6 Å². The summed E-state index contributed by atoms with van der Waals surface area (Å²) >= 11 is 6.30. The summed E-state index contributed by atoms with van der Waals surface area (Å²) in [5, 5.41) is 0.646. The normalized spacial score (nSPS) is 19.9. The number of aliphatic imine (C=N–C) groups is 1. The first-order valence-electron chi connectivity index (χ1n) is 8.92. The highest BCUT2D eigenvalue weighted by Crippen LogP contribution is 2.37. The number of fused-ring (bicyclic) bond motifs is 1. The van der Waals surface area contributed by atoms with Crippen LogP contribution in [0.3, 0.4) is 0 Å². The Bertz CT molecular complexity index is 870. The van der Waals surface area contributed by atoms with Crippen LogP contribution in [0.15, 0.2) is 53.5 Å². The molecule has 2 aromatic carbocycles. The number of rotatable bonds is 1. The molecule has 0 saturated carbocycles. The van der Waals surface area contributed by atoms with E-state index in [1.165, 1.54) is 0 Å². The van der Waals surface area contributed by atoms with Crippen molar-refractivity contribution in [2.45, 2.75) is 18.4 Å². The van der Waals surface area contributed by atoms with Crippen molar-refractivity contribution in [2.24, 2.45) is 4.99 Å². The molecule has 134 valence electrons. The Morgan fingerprint density at radius 3 is 2.42 bits per heavy atom. The Morgan fingerprint density at radius 2 is 1.73 bits per heavy atom. The third kappa shape index (κ3) is 2.83. The molecule has 0 aliphatic carbocycles. The van der Waals surface area contributed by atoms with Crippen LogP contribution in [0.5, 0.6) is 0 Å². The SMILES string of the molecule is CN1CCC2(CC1)N=C(c1ccccc1)c1cc(Cl)ccc1N(C)C2=O. The Hall–Kier alpha value is -2.17. The highest BCUT2D eigenvalue weighted by Gasteiger charge is 2.45. The summed E-state index contributed by atoms with van der Waals surface area (Å²) in [5.74, 6) is 0.0695. The third-order valence-electron chi connectivity index (χ3n) is 5.47. The molecule has 4 nitrogen and oxygen atoms in total. The molecule has 1 amide bonds. The topological polar surface area (TPSA) is 35.9 Å². The quantitative estimate of drug-likeness (QED) is 0.771. The zero-order chi connectivity index (χ0) is 18.3. The van der Waals surface area contributed by atoms with E-state index in [9.17, 15) is 4.79 Å². The zero-order valence-corrected chi connectivity index (χ0v) is 15.8. The van der Waals surface area contributed by atoms with Crippen LogP contribution in [0.25, 0.3) is 0 Å². The molecule has 0 aromatic heterocycles. The summed E-state index contributed by atoms with van der Waals surface area (Å²) in [5.41, 5.74) is 2.92. The van der Waals surface area contributed by atoms with Gasteiger partial charge in [0, 0.05) is 36.3 Å². The summed E-state index contributed by atoms with van der Waals surface area (Å²) in [4.78, 5) is 22.6. The molecule has 2 aromatic rings. The van der Waals surface area contributed by atoms with Crippen molar-refractivity contribution in [1.29, 1.82) is 0 Å². The number of anilines is 1. The second kappa shape index (κ2) is 6.53. The minimum Gasteiger partial charge on any atom is -0.313 e. The van der Waals surface area contributed by atoms with Crippen molar-refractivity contribution >= 4 is 28.9 Å². The van der Waals surface area contributed by atoms with Gasteiger partial charge < -0.3 is 9.80 Å². The number of likely N-dealkylation sites (N-methyl/N-ethyl adjacent to an activating group) is 1. The fourth-order valence-corrected chi connectivity index (χ4v) is 4.04. The van der Waals surface area contributed by atoms with Gasteiger partial charge in [0.25, 0.3) is 5.91 Å². The van der Waals surface area contributed by atoms with Crippen LogP contribution < -0.4 is 4.90 Å². The fourth-order valence-electron chi connectivity index (χ4n) is 3.86. The van der Waals surface area contributed by atoms with Crippen LogP contribution in [-0.4, -0.2) is 49.2 Å². The predicted molar refractivity (Wildman–Crippen MR) is 106 cm³/mol. The number of likely N-dealkylation sites (tertiary alicyclic amines) is 1. The van der Waals surface area contributed by atoms with Crippen LogP contribution in [0.1, 0.15) is 24.0 Å². The predicted octanol–water partition coefficient (Wildman–Crippen LogP) is 3.62. The largest absolute Gasteiger partial charge is 0.313 e. The van der Waals surface area contributed by atoms with Crippen molar-refractivity contribution in [2.75, 3.05) is 32.1 Å². The van der Waals surface area contributed by atoms with Gasteiger partial charge in [0.2, 0.25) is 0 Å². The summed E-state index contributed by atoms with van der Waals surface area (Å²) in [6.07, 6.45) is 1.45. The maximum atomic E-state index is 13.4. The Kier molecular flexibility index (Phi) is 4.33. The van der Waals surface area contributed by atoms with Gasteiger partial charge in [-0.15, -0.1) is 0 Å². The summed E-state index contributed by atoms with van der Waals surface area (Å²) in [6.45, 7) is 1.73. The van der Waals surface area contributed by atoms with Crippen molar-refractivity contribution < 1.29 is 4.79 Å². The standard InChI is InChI=1S/C21H22ClN3O/c1-24-12-10-21(11-13-24)20(26)25(2)18-9-8-16(22)14-17(18)19(23-21)15-6-4-3-5-7-15/h3-9,14H,10-13H2,1-2H3. The van der Waals surface area contributed by atoms with Gasteiger partial charge in [-0.3, -0.25) is 9.79 Å². The fraction of sp³-hybridized carbons (Fsp3) is 0.333. The van der Waals surface area contributed by atoms with Gasteiger partial charge in [-0.1, -0.05) is 41.9 Å². The number of carbonyl (C=O) groups is 1. The monoisotopic (exact) mass is 367 g/mol.